The Morgan fingerprint density at radius 1 is 1.36 bits per heavy atom. The van der Waals surface area contributed by atoms with Crippen molar-refractivity contribution in [2.45, 2.75) is 38.5 Å². The molecule has 1 fully saturated rings. The van der Waals surface area contributed by atoms with Gasteiger partial charge in [0.15, 0.2) is 0 Å². The van der Waals surface area contributed by atoms with Gasteiger partial charge in [-0.25, -0.2) is 4.79 Å². The summed E-state index contributed by atoms with van der Waals surface area (Å²) in [5, 5.41) is 13.8. The monoisotopic (exact) mass is 385 g/mol. The minimum absolute atomic E-state index is 0.238. The molecule has 3 aromatic rings. The summed E-state index contributed by atoms with van der Waals surface area (Å²) >= 11 is 0. The number of nitrogens with one attached hydrogen (secondary N) is 1. The molecule has 148 valence electrons. The minimum atomic E-state index is -1.08. The molecule has 0 spiro atoms. The standard InChI is InChI=1S/C20H23N3O5/c1-2-28-18(24)4-3-14-15-10-17-13(11-21-23(17)20(25)26)9-16(15)22-19(14)12-5-7-27-8-6-12/h9-12,21H,2-8H2,1H3,(H,25,26). The van der Waals surface area contributed by atoms with Gasteiger partial charge in [-0.05, 0) is 43.9 Å². The van der Waals surface area contributed by atoms with Gasteiger partial charge in [0.25, 0.3) is 0 Å². The average Bonchev–Trinajstić information content (AvgIpc) is 3.26. The number of carboxylic acid groups (broad SMARTS) is 1. The van der Waals surface area contributed by atoms with E-state index in [1.54, 1.807) is 13.1 Å². The molecule has 1 aromatic carbocycles. The summed E-state index contributed by atoms with van der Waals surface area (Å²) < 4.78 is 11.7. The Kier molecular flexibility index (Phi) is 5.04. The molecule has 3 heterocycles. The topological polar surface area (TPSA) is 106 Å². The summed E-state index contributed by atoms with van der Waals surface area (Å²) in [5.41, 5.74) is 3.41. The number of hydrogen-bond acceptors (Lipinski definition) is 5. The van der Waals surface area contributed by atoms with Crippen LogP contribution in [-0.2, 0) is 20.7 Å². The summed E-state index contributed by atoms with van der Waals surface area (Å²) in [6.07, 6.45) is 3.16. The van der Waals surface area contributed by atoms with Gasteiger partial charge in [-0.1, -0.05) is 0 Å². The van der Waals surface area contributed by atoms with Crippen LogP contribution in [0.15, 0.2) is 18.3 Å². The van der Waals surface area contributed by atoms with Gasteiger partial charge in [0.05, 0.1) is 17.6 Å². The van der Waals surface area contributed by atoms with Crippen molar-refractivity contribution in [3.05, 3.63) is 29.6 Å². The molecular weight excluding hydrogens is 362 g/mol. The van der Waals surface area contributed by atoms with Crippen LogP contribution in [0.3, 0.4) is 0 Å². The quantitative estimate of drug-likeness (QED) is 0.652. The van der Waals surface area contributed by atoms with E-state index in [2.05, 4.69) is 5.10 Å². The second-order valence-electron chi connectivity index (χ2n) is 6.99. The molecule has 0 aliphatic carbocycles. The maximum atomic E-state index is 11.9. The maximum Gasteiger partial charge on any atom is 0.430 e. The fourth-order valence-electron chi connectivity index (χ4n) is 3.97. The summed E-state index contributed by atoms with van der Waals surface area (Å²) in [6, 6.07) is 3.75. The molecule has 0 bridgehead atoms. The zero-order valence-electron chi connectivity index (χ0n) is 15.7. The van der Waals surface area contributed by atoms with E-state index >= 15 is 0 Å². The van der Waals surface area contributed by atoms with Crippen LogP contribution in [0.25, 0.3) is 21.8 Å². The van der Waals surface area contributed by atoms with Crippen LogP contribution in [0.1, 0.15) is 43.4 Å². The number of aryl methyl sites for hydroxylation is 1. The second kappa shape index (κ2) is 7.63. The van der Waals surface area contributed by atoms with Crippen molar-refractivity contribution in [1.29, 1.82) is 0 Å². The van der Waals surface area contributed by atoms with Crippen molar-refractivity contribution in [3.8, 4) is 0 Å². The van der Waals surface area contributed by atoms with Gasteiger partial charge in [0, 0.05) is 48.2 Å². The van der Waals surface area contributed by atoms with Gasteiger partial charge in [0.2, 0.25) is 0 Å². The Labute approximate surface area is 161 Å². The first-order valence-corrected chi connectivity index (χ1v) is 9.57. The van der Waals surface area contributed by atoms with Crippen LogP contribution >= 0.6 is 0 Å². The molecule has 28 heavy (non-hydrogen) atoms. The molecule has 0 unspecified atom stereocenters. The number of esters is 1. The number of carbonyl (C=O) groups excluding carboxylic acids is 1. The first-order chi connectivity index (χ1) is 13.6. The molecule has 1 saturated heterocycles. The molecule has 2 N–H and O–H groups in total. The Balaban J connectivity index is 1.81. The third-order valence-corrected chi connectivity index (χ3v) is 5.29. The number of aromatic amines is 1. The number of fused-ring (bicyclic) bond motifs is 2. The molecular formula is C20H23N3O5. The highest BCUT2D eigenvalue weighted by atomic mass is 16.5. The van der Waals surface area contributed by atoms with E-state index in [4.69, 9.17) is 14.5 Å². The summed E-state index contributed by atoms with van der Waals surface area (Å²) in [4.78, 5) is 28.3. The number of hydrogen-bond donors (Lipinski definition) is 2. The number of carbonyl (C=O) groups is 2. The average molecular weight is 385 g/mol. The SMILES string of the molecule is CCOC(=O)CCc1c(C2CCOCC2)nc2cc3c[nH]n(C(=O)O)c3cc12. The molecule has 0 atom stereocenters. The first kappa shape index (κ1) is 18.5. The van der Waals surface area contributed by atoms with E-state index in [-0.39, 0.29) is 18.3 Å². The normalized spacial score (nSPS) is 15.3. The van der Waals surface area contributed by atoms with Crippen molar-refractivity contribution in [1.82, 2.24) is 14.8 Å². The largest absolute Gasteiger partial charge is 0.466 e. The molecule has 0 saturated carbocycles. The van der Waals surface area contributed by atoms with E-state index in [9.17, 15) is 14.7 Å². The lowest BCUT2D eigenvalue weighted by molar-refractivity contribution is -0.143. The van der Waals surface area contributed by atoms with Crippen molar-refractivity contribution in [2.24, 2.45) is 0 Å². The van der Waals surface area contributed by atoms with Gasteiger partial charge >= 0.3 is 12.1 Å². The van der Waals surface area contributed by atoms with Crippen molar-refractivity contribution >= 4 is 33.9 Å². The smallest absolute Gasteiger partial charge is 0.430 e. The van der Waals surface area contributed by atoms with Crippen LogP contribution in [0.4, 0.5) is 4.79 Å². The molecule has 0 radical (unpaired) electrons. The molecule has 8 heteroatoms. The number of rotatable bonds is 5. The van der Waals surface area contributed by atoms with Crippen LogP contribution in [0.5, 0.6) is 0 Å². The molecule has 1 aliphatic heterocycles. The third-order valence-electron chi connectivity index (χ3n) is 5.29. The predicted molar refractivity (Wildman–Crippen MR) is 103 cm³/mol. The highest BCUT2D eigenvalue weighted by molar-refractivity contribution is 6.00. The Bertz CT molecular complexity index is 1030. The lowest BCUT2D eigenvalue weighted by Crippen LogP contribution is -2.16. The van der Waals surface area contributed by atoms with E-state index in [1.807, 2.05) is 12.1 Å². The lowest BCUT2D eigenvalue weighted by atomic mass is 9.91. The fourth-order valence-corrected chi connectivity index (χ4v) is 3.97. The van der Waals surface area contributed by atoms with Crippen LogP contribution in [-0.4, -0.2) is 51.8 Å². The van der Waals surface area contributed by atoms with E-state index < -0.39 is 6.09 Å². The lowest BCUT2D eigenvalue weighted by Gasteiger charge is -2.22. The minimum Gasteiger partial charge on any atom is -0.466 e. The zero-order chi connectivity index (χ0) is 19.7. The number of aromatic nitrogens is 3. The van der Waals surface area contributed by atoms with Gasteiger partial charge in [-0.3, -0.25) is 14.9 Å². The summed E-state index contributed by atoms with van der Waals surface area (Å²) in [5.74, 6) is 0.0453. The van der Waals surface area contributed by atoms with Crippen molar-refractivity contribution in [2.75, 3.05) is 19.8 Å². The Morgan fingerprint density at radius 3 is 2.86 bits per heavy atom. The summed E-state index contributed by atoms with van der Waals surface area (Å²) in [7, 11) is 0. The summed E-state index contributed by atoms with van der Waals surface area (Å²) in [6.45, 7) is 3.55. The highest BCUT2D eigenvalue weighted by Crippen LogP contribution is 2.36. The van der Waals surface area contributed by atoms with E-state index in [0.717, 1.165) is 45.1 Å². The van der Waals surface area contributed by atoms with Gasteiger partial charge in [0.1, 0.15) is 0 Å². The Morgan fingerprint density at radius 2 is 2.14 bits per heavy atom. The van der Waals surface area contributed by atoms with Gasteiger partial charge in [-0.2, -0.15) is 4.68 Å². The van der Waals surface area contributed by atoms with Crippen LogP contribution in [0, 0.1) is 0 Å². The number of H-pyrrole nitrogens is 1. The van der Waals surface area contributed by atoms with Crippen molar-refractivity contribution in [3.63, 3.8) is 0 Å². The van der Waals surface area contributed by atoms with E-state index in [1.165, 1.54) is 0 Å². The highest BCUT2D eigenvalue weighted by Gasteiger charge is 2.25. The fraction of sp³-hybridized carbons (Fsp3) is 0.450. The molecule has 8 nitrogen and oxygen atoms in total. The number of benzene rings is 1. The molecule has 4 rings (SSSR count). The molecule has 0 amide bonds. The molecule has 2 aromatic heterocycles. The van der Waals surface area contributed by atoms with Gasteiger partial charge in [-0.15, -0.1) is 0 Å². The zero-order valence-corrected chi connectivity index (χ0v) is 15.7. The number of ether oxygens (including phenoxy) is 2. The number of nitrogens with zero attached hydrogens (tertiary/aromatic N) is 2. The first-order valence-electron chi connectivity index (χ1n) is 9.57. The van der Waals surface area contributed by atoms with Crippen LogP contribution < -0.4 is 0 Å². The molecule has 1 aliphatic rings. The second-order valence-corrected chi connectivity index (χ2v) is 6.99. The van der Waals surface area contributed by atoms with Crippen molar-refractivity contribution < 1.29 is 24.2 Å². The maximum absolute atomic E-state index is 11.9. The predicted octanol–water partition coefficient (Wildman–Crippen LogP) is 3.43. The van der Waals surface area contributed by atoms with E-state index in [0.29, 0.717) is 31.8 Å². The van der Waals surface area contributed by atoms with Gasteiger partial charge < -0.3 is 14.6 Å². The van der Waals surface area contributed by atoms with Crippen LogP contribution in [0.2, 0.25) is 0 Å². The third kappa shape index (κ3) is 3.35. The Hall–Kier alpha value is -2.87.